The third-order valence-electron chi connectivity index (χ3n) is 3.44. The van der Waals surface area contributed by atoms with Crippen molar-refractivity contribution < 1.29 is 9.90 Å². The molecule has 2 heterocycles. The van der Waals surface area contributed by atoms with E-state index >= 15 is 0 Å². The van der Waals surface area contributed by atoms with E-state index in [-0.39, 0.29) is 5.69 Å². The van der Waals surface area contributed by atoms with Gasteiger partial charge in [0.1, 0.15) is 5.65 Å². The van der Waals surface area contributed by atoms with Gasteiger partial charge in [-0.25, -0.2) is 9.78 Å². The fraction of sp³-hybridized carbons (Fsp3) is 0.125. The van der Waals surface area contributed by atoms with Gasteiger partial charge in [-0.05, 0) is 30.2 Å². The smallest absolute Gasteiger partial charge is 0.356 e. The van der Waals surface area contributed by atoms with Gasteiger partial charge in [0.05, 0.1) is 0 Å². The number of carboxylic acid groups (broad SMARTS) is 1. The molecule has 2 N–H and O–H groups in total. The Balaban J connectivity index is 1.95. The Morgan fingerprint density at radius 2 is 2.00 bits per heavy atom. The quantitative estimate of drug-likeness (QED) is 0.771. The lowest BCUT2D eigenvalue weighted by atomic mass is 10.1. The van der Waals surface area contributed by atoms with Gasteiger partial charge in [-0.15, -0.1) is 0 Å². The van der Waals surface area contributed by atoms with Crippen LogP contribution in [0.15, 0.2) is 48.7 Å². The number of pyridine rings is 1. The second-order valence-electron chi connectivity index (χ2n) is 4.82. The molecule has 0 saturated heterocycles. The molecule has 0 amide bonds. The Labute approximate surface area is 121 Å². The summed E-state index contributed by atoms with van der Waals surface area (Å²) in [6, 6.07) is 13.4. The summed E-state index contributed by atoms with van der Waals surface area (Å²) < 4.78 is 1.57. The number of aromatic carboxylic acids is 1. The molecule has 1 aromatic carbocycles. The van der Waals surface area contributed by atoms with E-state index in [2.05, 4.69) is 10.3 Å². The van der Waals surface area contributed by atoms with Crippen molar-refractivity contribution in [1.82, 2.24) is 9.38 Å². The molecule has 2 aromatic heterocycles. The van der Waals surface area contributed by atoms with Crippen molar-refractivity contribution >= 4 is 17.4 Å². The SMILES string of the molecule is Cc1ccccc1CNc1nc2ccccn2c1C(=O)O. The topological polar surface area (TPSA) is 66.6 Å². The predicted molar refractivity (Wildman–Crippen MR) is 80.7 cm³/mol. The molecule has 0 aliphatic carbocycles. The lowest BCUT2D eigenvalue weighted by Gasteiger charge is -2.07. The molecular formula is C16H15N3O2. The van der Waals surface area contributed by atoms with E-state index in [4.69, 9.17) is 0 Å². The predicted octanol–water partition coefficient (Wildman–Crippen LogP) is 2.95. The normalized spacial score (nSPS) is 10.7. The Hall–Kier alpha value is -2.82. The number of carboxylic acids is 1. The summed E-state index contributed by atoms with van der Waals surface area (Å²) in [5.74, 6) is -0.613. The number of hydrogen-bond acceptors (Lipinski definition) is 3. The van der Waals surface area contributed by atoms with Gasteiger partial charge in [0, 0.05) is 12.7 Å². The van der Waals surface area contributed by atoms with Crippen LogP contribution in [0.1, 0.15) is 21.6 Å². The Kier molecular flexibility index (Phi) is 3.31. The summed E-state index contributed by atoms with van der Waals surface area (Å²) in [5, 5.41) is 12.5. The van der Waals surface area contributed by atoms with Crippen LogP contribution in [0.3, 0.4) is 0 Å². The van der Waals surface area contributed by atoms with Gasteiger partial charge in [0.2, 0.25) is 0 Å². The minimum absolute atomic E-state index is 0.152. The number of nitrogens with zero attached hydrogens (tertiary/aromatic N) is 2. The van der Waals surface area contributed by atoms with Gasteiger partial charge in [-0.3, -0.25) is 4.40 Å². The Morgan fingerprint density at radius 1 is 1.24 bits per heavy atom. The molecule has 5 nitrogen and oxygen atoms in total. The second-order valence-corrected chi connectivity index (χ2v) is 4.82. The fourth-order valence-electron chi connectivity index (χ4n) is 2.31. The highest BCUT2D eigenvalue weighted by Crippen LogP contribution is 2.19. The number of anilines is 1. The van der Waals surface area contributed by atoms with Gasteiger partial charge in [-0.1, -0.05) is 30.3 Å². The number of carbonyl (C=O) groups is 1. The van der Waals surface area contributed by atoms with Crippen molar-refractivity contribution in [2.24, 2.45) is 0 Å². The first-order valence-corrected chi connectivity index (χ1v) is 6.65. The third-order valence-corrected chi connectivity index (χ3v) is 3.44. The molecule has 5 heteroatoms. The molecule has 0 fully saturated rings. The van der Waals surface area contributed by atoms with Crippen molar-refractivity contribution in [3.8, 4) is 0 Å². The maximum atomic E-state index is 11.5. The van der Waals surface area contributed by atoms with E-state index in [1.807, 2.05) is 37.3 Å². The largest absolute Gasteiger partial charge is 0.476 e. The zero-order valence-corrected chi connectivity index (χ0v) is 11.6. The number of rotatable bonds is 4. The molecule has 0 unspecified atom stereocenters. The van der Waals surface area contributed by atoms with Crippen LogP contribution in [0.25, 0.3) is 5.65 Å². The molecule has 0 atom stereocenters. The summed E-state index contributed by atoms with van der Waals surface area (Å²) in [4.78, 5) is 15.8. The molecule has 106 valence electrons. The van der Waals surface area contributed by atoms with E-state index in [0.717, 1.165) is 11.1 Å². The summed E-state index contributed by atoms with van der Waals surface area (Å²) in [6.45, 7) is 2.57. The van der Waals surface area contributed by atoms with Gasteiger partial charge in [0.25, 0.3) is 0 Å². The first kappa shape index (κ1) is 13.2. The number of aromatic nitrogens is 2. The summed E-state index contributed by atoms with van der Waals surface area (Å²) in [7, 11) is 0. The van der Waals surface area contributed by atoms with Crippen LogP contribution in [0.5, 0.6) is 0 Å². The molecular weight excluding hydrogens is 266 g/mol. The van der Waals surface area contributed by atoms with Crippen molar-refractivity contribution in [3.05, 3.63) is 65.5 Å². The van der Waals surface area contributed by atoms with Crippen LogP contribution < -0.4 is 5.32 Å². The van der Waals surface area contributed by atoms with E-state index in [9.17, 15) is 9.90 Å². The summed E-state index contributed by atoms with van der Waals surface area (Å²) in [5.41, 5.74) is 3.04. The molecule has 0 saturated carbocycles. The molecule has 3 rings (SSSR count). The zero-order valence-electron chi connectivity index (χ0n) is 11.6. The van der Waals surface area contributed by atoms with Gasteiger partial charge >= 0.3 is 5.97 Å². The maximum absolute atomic E-state index is 11.5. The van der Waals surface area contributed by atoms with Crippen LogP contribution in [-0.4, -0.2) is 20.5 Å². The van der Waals surface area contributed by atoms with Crippen molar-refractivity contribution in [2.45, 2.75) is 13.5 Å². The fourth-order valence-corrected chi connectivity index (χ4v) is 2.31. The highest BCUT2D eigenvalue weighted by atomic mass is 16.4. The molecule has 0 bridgehead atoms. The molecule has 0 spiro atoms. The molecule has 0 radical (unpaired) electrons. The minimum Gasteiger partial charge on any atom is -0.476 e. The number of benzene rings is 1. The number of nitrogens with one attached hydrogen (secondary N) is 1. The van der Waals surface area contributed by atoms with Crippen molar-refractivity contribution in [1.29, 1.82) is 0 Å². The van der Waals surface area contributed by atoms with Crippen LogP contribution in [-0.2, 0) is 6.54 Å². The molecule has 21 heavy (non-hydrogen) atoms. The number of aryl methyl sites for hydroxylation is 1. The van der Waals surface area contributed by atoms with Gasteiger partial charge in [-0.2, -0.15) is 0 Å². The summed E-state index contributed by atoms with van der Waals surface area (Å²) in [6.07, 6.45) is 1.70. The molecule has 3 aromatic rings. The zero-order chi connectivity index (χ0) is 14.8. The standard InChI is InChI=1S/C16H15N3O2/c1-11-6-2-3-7-12(11)10-17-15-14(16(20)21)19-9-5-4-8-13(19)18-15/h2-9,17H,10H2,1H3,(H,20,21). The van der Waals surface area contributed by atoms with Crippen LogP contribution in [0, 0.1) is 6.92 Å². The van der Waals surface area contributed by atoms with Gasteiger partial charge < -0.3 is 10.4 Å². The van der Waals surface area contributed by atoms with E-state index in [1.165, 1.54) is 0 Å². The lowest BCUT2D eigenvalue weighted by Crippen LogP contribution is -2.08. The third kappa shape index (κ3) is 2.45. The first-order chi connectivity index (χ1) is 10.2. The van der Waals surface area contributed by atoms with Crippen molar-refractivity contribution in [2.75, 3.05) is 5.32 Å². The molecule has 0 aliphatic rings. The number of hydrogen-bond donors (Lipinski definition) is 2. The number of imidazole rings is 1. The second kappa shape index (κ2) is 5.28. The first-order valence-electron chi connectivity index (χ1n) is 6.65. The van der Waals surface area contributed by atoms with Crippen LogP contribution in [0.2, 0.25) is 0 Å². The van der Waals surface area contributed by atoms with Gasteiger partial charge in [0.15, 0.2) is 11.5 Å². The Bertz CT molecular complexity index is 808. The number of fused-ring (bicyclic) bond motifs is 1. The average Bonchev–Trinajstić information content (AvgIpc) is 2.85. The highest BCUT2D eigenvalue weighted by molar-refractivity contribution is 5.92. The lowest BCUT2D eigenvalue weighted by molar-refractivity contribution is 0.0690. The average molecular weight is 281 g/mol. The van der Waals surface area contributed by atoms with Crippen molar-refractivity contribution in [3.63, 3.8) is 0 Å². The van der Waals surface area contributed by atoms with Crippen LogP contribution >= 0.6 is 0 Å². The minimum atomic E-state index is -0.999. The Morgan fingerprint density at radius 3 is 2.76 bits per heavy atom. The van der Waals surface area contributed by atoms with E-state index < -0.39 is 5.97 Å². The molecule has 0 aliphatic heterocycles. The summed E-state index contributed by atoms with van der Waals surface area (Å²) >= 11 is 0. The van der Waals surface area contributed by atoms with E-state index in [0.29, 0.717) is 18.0 Å². The van der Waals surface area contributed by atoms with E-state index in [1.54, 1.807) is 22.7 Å². The monoisotopic (exact) mass is 281 g/mol. The maximum Gasteiger partial charge on any atom is 0.356 e. The van der Waals surface area contributed by atoms with Crippen LogP contribution in [0.4, 0.5) is 5.82 Å². The highest BCUT2D eigenvalue weighted by Gasteiger charge is 2.18.